The maximum atomic E-state index is 12.5. The molecule has 124 valence electrons. The molecule has 1 aromatic carbocycles. The first-order valence-corrected chi connectivity index (χ1v) is 8.80. The van der Waals surface area contributed by atoms with Crippen LogP contribution in [0.5, 0.6) is 5.75 Å². The molecule has 6 heteroatoms. The Morgan fingerprint density at radius 2 is 1.91 bits per heavy atom. The van der Waals surface area contributed by atoms with Crippen LogP contribution in [0.1, 0.15) is 32.0 Å². The van der Waals surface area contributed by atoms with Gasteiger partial charge in [0.05, 0.1) is 24.2 Å². The minimum atomic E-state index is -3.61. The molecule has 0 radical (unpaired) electrons. The van der Waals surface area contributed by atoms with Gasteiger partial charge < -0.3 is 4.74 Å². The van der Waals surface area contributed by atoms with Crippen molar-refractivity contribution in [3.05, 3.63) is 53.9 Å². The number of hydrogen-bond donors (Lipinski definition) is 1. The highest BCUT2D eigenvalue weighted by atomic mass is 32.2. The van der Waals surface area contributed by atoms with Gasteiger partial charge in [0, 0.05) is 11.8 Å². The molecule has 1 aromatic heterocycles. The maximum Gasteiger partial charge on any atom is 0.240 e. The zero-order valence-electron chi connectivity index (χ0n) is 13.8. The van der Waals surface area contributed by atoms with Crippen molar-refractivity contribution in [1.29, 1.82) is 0 Å². The molecule has 2 aromatic rings. The first-order chi connectivity index (χ1) is 10.7. The Balaban J connectivity index is 2.29. The normalized spacial score (nSPS) is 12.2. The monoisotopic (exact) mass is 334 g/mol. The predicted molar refractivity (Wildman–Crippen MR) is 90.0 cm³/mol. The fourth-order valence-corrected chi connectivity index (χ4v) is 3.22. The predicted octanol–water partition coefficient (Wildman–Crippen LogP) is 2.87. The summed E-state index contributed by atoms with van der Waals surface area (Å²) in [7, 11) is -2.03. The molecular weight excluding hydrogens is 312 g/mol. The average molecular weight is 334 g/mol. The fourth-order valence-electron chi connectivity index (χ4n) is 2.20. The van der Waals surface area contributed by atoms with E-state index in [4.69, 9.17) is 4.74 Å². The summed E-state index contributed by atoms with van der Waals surface area (Å²) in [4.78, 5) is 4.33. The number of ether oxygens (including phenoxy) is 1. The number of nitrogens with zero attached hydrogens (tertiary/aromatic N) is 1. The van der Waals surface area contributed by atoms with E-state index in [1.165, 1.54) is 0 Å². The van der Waals surface area contributed by atoms with Crippen molar-refractivity contribution in [1.82, 2.24) is 9.71 Å². The van der Waals surface area contributed by atoms with E-state index >= 15 is 0 Å². The second-order valence-corrected chi connectivity index (χ2v) is 8.02. The Labute approximate surface area is 137 Å². The van der Waals surface area contributed by atoms with E-state index in [0.29, 0.717) is 11.4 Å². The van der Waals surface area contributed by atoms with Crippen LogP contribution in [-0.2, 0) is 22.0 Å². The van der Waals surface area contributed by atoms with Crippen LogP contribution in [0.3, 0.4) is 0 Å². The van der Waals surface area contributed by atoms with E-state index in [1.54, 1.807) is 43.6 Å². The number of nitrogens with one attached hydrogen (secondary N) is 1. The second-order valence-electron chi connectivity index (χ2n) is 6.26. The molecule has 0 aliphatic rings. The largest absolute Gasteiger partial charge is 0.496 e. The lowest BCUT2D eigenvalue weighted by Gasteiger charge is -2.22. The first-order valence-electron chi connectivity index (χ1n) is 7.32. The molecule has 1 heterocycles. The summed E-state index contributed by atoms with van der Waals surface area (Å²) >= 11 is 0. The number of rotatable bonds is 5. The van der Waals surface area contributed by atoms with E-state index in [1.807, 2.05) is 26.8 Å². The van der Waals surface area contributed by atoms with E-state index in [0.717, 1.165) is 5.56 Å². The Hall–Kier alpha value is -1.92. The van der Waals surface area contributed by atoms with Crippen LogP contribution in [-0.4, -0.2) is 20.5 Å². The highest BCUT2D eigenvalue weighted by molar-refractivity contribution is 7.89. The summed E-state index contributed by atoms with van der Waals surface area (Å²) in [6, 6.07) is 10.3. The van der Waals surface area contributed by atoms with Crippen molar-refractivity contribution in [3.8, 4) is 5.75 Å². The van der Waals surface area contributed by atoms with Crippen molar-refractivity contribution >= 4 is 10.0 Å². The molecule has 0 atom stereocenters. The summed E-state index contributed by atoms with van der Waals surface area (Å²) in [5.74, 6) is 0.682. The molecule has 0 bridgehead atoms. The standard InChI is InChI=1S/C17H22N2O3S/c1-17(2,3)15-11-14(8-9-16(15)22-4)23(20,21)19-12-13-7-5-6-10-18-13/h5-11,19H,12H2,1-4H3. The first kappa shape index (κ1) is 17.4. The molecule has 0 saturated carbocycles. The van der Waals surface area contributed by atoms with Crippen molar-refractivity contribution < 1.29 is 13.2 Å². The lowest BCUT2D eigenvalue weighted by molar-refractivity contribution is 0.397. The number of hydrogen-bond acceptors (Lipinski definition) is 4. The van der Waals surface area contributed by atoms with E-state index in [2.05, 4.69) is 9.71 Å². The van der Waals surface area contributed by atoms with Crippen LogP contribution in [0.15, 0.2) is 47.5 Å². The highest BCUT2D eigenvalue weighted by Gasteiger charge is 2.23. The minimum absolute atomic E-state index is 0.153. The van der Waals surface area contributed by atoms with Gasteiger partial charge in [-0.25, -0.2) is 13.1 Å². The third-order valence-electron chi connectivity index (χ3n) is 3.46. The van der Waals surface area contributed by atoms with Crippen molar-refractivity contribution in [2.24, 2.45) is 0 Å². The topological polar surface area (TPSA) is 68.3 Å². The summed E-state index contributed by atoms with van der Waals surface area (Å²) < 4.78 is 32.9. The molecule has 2 rings (SSSR count). The lowest BCUT2D eigenvalue weighted by Crippen LogP contribution is -2.24. The van der Waals surface area contributed by atoms with Crippen molar-refractivity contribution in [2.45, 2.75) is 37.6 Å². The molecule has 0 fully saturated rings. The molecule has 0 aliphatic carbocycles. The zero-order chi connectivity index (χ0) is 17.1. The van der Waals surface area contributed by atoms with Crippen LogP contribution < -0.4 is 9.46 Å². The number of benzene rings is 1. The van der Waals surface area contributed by atoms with E-state index in [-0.39, 0.29) is 16.9 Å². The summed E-state index contributed by atoms with van der Waals surface area (Å²) in [6.45, 7) is 6.20. The molecular formula is C17H22N2O3S. The molecule has 0 aliphatic heterocycles. The number of methoxy groups -OCH3 is 1. The molecule has 0 unspecified atom stereocenters. The number of pyridine rings is 1. The average Bonchev–Trinajstić information content (AvgIpc) is 2.52. The Bertz CT molecular complexity index is 766. The fraction of sp³-hybridized carbons (Fsp3) is 0.353. The van der Waals surface area contributed by atoms with Crippen LogP contribution in [0, 0.1) is 0 Å². The van der Waals surface area contributed by atoms with Crippen LogP contribution in [0.4, 0.5) is 0 Å². The van der Waals surface area contributed by atoms with Gasteiger partial charge in [-0.3, -0.25) is 4.98 Å². The van der Waals surface area contributed by atoms with Crippen LogP contribution in [0.25, 0.3) is 0 Å². The van der Waals surface area contributed by atoms with Gasteiger partial charge in [-0.05, 0) is 35.7 Å². The van der Waals surface area contributed by atoms with Crippen LogP contribution >= 0.6 is 0 Å². The summed E-state index contributed by atoms with van der Waals surface area (Å²) in [5.41, 5.74) is 1.29. The van der Waals surface area contributed by atoms with Crippen LogP contribution in [0.2, 0.25) is 0 Å². The molecule has 0 amide bonds. The third-order valence-corrected chi connectivity index (χ3v) is 4.86. The minimum Gasteiger partial charge on any atom is -0.496 e. The van der Waals surface area contributed by atoms with Gasteiger partial charge in [0.25, 0.3) is 0 Å². The molecule has 0 spiro atoms. The van der Waals surface area contributed by atoms with Gasteiger partial charge in [-0.15, -0.1) is 0 Å². The lowest BCUT2D eigenvalue weighted by atomic mass is 9.86. The molecule has 5 nitrogen and oxygen atoms in total. The SMILES string of the molecule is COc1ccc(S(=O)(=O)NCc2ccccn2)cc1C(C)(C)C. The number of sulfonamides is 1. The summed E-state index contributed by atoms with van der Waals surface area (Å²) in [5, 5.41) is 0. The van der Waals surface area contributed by atoms with Gasteiger partial charge in [-0.1, -0.05) is 26.8 Å². The Kier molecular flexibility index (Phi) is 5.06. The van der Waals surface area contributed by atoms with E-state index < -0.39 is 10.0 Å². The van der Waals surface area contributed by atoms with Gasteiger partial charge in [0.15, 0.2) is 0 Å². The highest BCUT2D eigenvalue weighted by Crippen LogP contribution is 2.33. The number of aromatic nitrogens is 1. The Morgan fingerprint density at radius 3 is 2.48 bits per heavy atom. The zero-order valence-corrected chi connectivity index (χ0v) is 14.6. The molecule has 0 saturated heterocycles. The quantitative estimate of drug-likeness (QED) is 0.913. The van der Waals surface area contributed by atoms with Gasteiger partial charge in [0.2, 0.25) is 10.0 Å². The maximum absolute atomic E-state index is 12.5. The Morgan fingerprint density at radius 1 is 1.17 bits per heavy atom. The van der Waals surface area contributed by atoms with Crippen molar-refractivity contribution in [3.63, 3.8) is 0 Å². The van der Waals surface area contributed by atoms with Gasteiger partial charge in [0.1, 0.15) is 5.75 Å². The summed E-state index contributed by atoms with van der Waals surface area (Å²) in [6.07, 6.45) is 1.63. The molecule has 1 N–H and O–H groups in total. The van der Waals surface area contributed by atoms with Crippen molar-refractivity contribution in [2.75, 3.05) is 7.11 Å². The van der Waals surface area contributed by atoms with E-state index in [9.17, 15) is 8.42 Å². The second kappa shape index (κ2) is 6.68. The smallest absolute Gasteiger partial charge is 0.240 e. The van der Waals surface area contributed by atoms with Gasteiger partial charge in [-0.2, -0.15) is 0 Å². The van der Waals surface area contributed by atoms with Gasteiger partial charge >= 0.3 is 0 Å². The third kappa shape index (κ3) is 4.30. The molecule has 23 heavy (non-hydrogen) atoms.